The van der Waals surface area contributed by atoms with E-state index < -0.39 is 0 Å². The Kier molecular flexibility index (Phi) is 4.79. The Hall–Kier alpha value is -2.82. The number of carbonyl (C=O) groups excluding carboxylic acids is 1. The molecule has 0 aromatic heterocycles. The van der Waals surface area contributed by atoms with Crippen LogP contribution in [-0.2, 0) is 17.8 Å². The highest BCUT2D eigenvalue weighted by Crippen LogP contribution is 2.17. The molecule has 2 aromatic carbocycles. The molecule has 2 aromatic rings. The molecule has 1 heterocycles. The van der Waals surface area contributed by atoms with Crippen LogP contribution in [0.4, 0.5) is 5.69 Å². The SMILES string of the molecule is CCc1ccc(NC2=NCC(=O)N2Cc2ccc(OC)cc2)cc1. The summed E-state index contributed by atoms with van der Waals surface area (Å²) in [6.07, 6.45) is 1.00. The molecule has 124 valence electrons. The molecule has 24 heavy (non-hydrogen) atoms. The number of anilines is 1. The first kappa shape index (κ1) is 16.1. The van der Waals surface area contributed by atoms with E-state index in [9.17, 15) is 4.79 Å². The summed E-state index contributed by atoms with van der Waals surface area (Å²) in [5.74, 6) is 1.40. The summed E-state index contributed by atoms with van der Waals surface area (Å²) in [7, 11) is 1.64. The molecule has 0 bridgehead atoms. The number of ether oxygens (including phenoxy) is 1. The van der Waals surface area contributed by atoms with Crippen molar-refractivity contribution in [3.05, 3.63) is 59.7 Å². The monoisotopic (exact) mass is 323 g/mol. The first-order chi connectivity index (χ1) is 11.7. The predicted molar refractivity (Wildman–Crippen MR) is 95.3 cm³/mol. The number of hydrogen-bond acceptors (Lipinski definition) is 4. The third-order valence-electron chi connectivity index (χ3n) is 4.04. The van der Waals surface area contributed by atoms with Crippen LogP contribution in [0.3, 0.4) is 0 Å². The van der Waals surface area contributed by atoms with Crippen molar-refractivity contribution in [3.8, 4) is 5.75 Å². The van der Waals surface area contributed by atoms with E-state index in [1.54, 1.807) is 12.0 Å². The summed E-state index contributed by atoms with van der Waals surface area (Å²) in [4.78, 5) is 18.1. The van der Waals surface area contributed by atoms with Crippen LogP contribution in [0.25, 0.3) is 0 Å². The Morgan fingerprint density at radius 1 is 1.08 bits per heavy atom. The quantitative estimate of drug-likeness (QED) is 0.920. The third-order valence-corrected chi connectivity index (χ3v) is 4.04. The lowest BCUT2D eigenvalue weighted by Crippen LogP contribution is -2.36. The zero-order valence-corrected chi connectivity index (χ0v) is 14.0. The van der Waals surface area contributed by atoms with Crippen LogP contribution in [0.15, 0.2) is 53.5 Å². The Morgan fingerprint density at radius 2 is 1.75 bits per heavy atom. The van der Waals surface area contributed by atoms with Gasteiger partial charge in [0.05, 0.1) is 13.7 Å². The number of methoxy groups -OCH3 is 1. The lowest BCUT2D eigenvalue weighted by Gasteiger charge is -2.20. The molecule has 1 aliphatic rings. The van der Waals surface area contributed by atoms with Crippen molar-refractivity contribution in [2.75, 3.05) is 19.0 Å². The Balaban J connectivity index is 1.70. The minimum Gasteiger partial charge on any atom is -0.497 e. The number of aliphatic imine (C=N–C) groups is 1. The van der Waals surface area contributed by atoms with Crippen LogP contribution in [0, 0.1) is 0 Å². The van der Waals surface area contributed by atoms with E-state index in [1.807, 2.05) is 36.4 Å². The maximum atomic E-state index is 12.1. The van der Waals surface area contributed by atoms with Gasteiger partial charge in [0.1, 0.15) is 12.3 Å². The molecule has 1 amide bonds. The van der Waals surface area contributed by atoms with Crippen LogP contribution >= 0.6 is 0 Å². The fraction of sp³-hybridized carbons (Fsp3) is 0.263. The molecular weight excluding hydrogens is 302 g/mol. The second-order valence-electron chi connectivity index (χ2n) is 5.64. The molecule has 0 saturated heterocycles. The van der Waals surface area contributed by atoms with Gasteiger partial charge < -0.3 is 10.1 Å². The van der Waals surface area contributed by atoms with Crippen molar-refractivity contribution in [2.45, 2.75) is 19.9 Å². The van der Waals surface area contributed by atoms with Crippen LogP contribution < -0.4 is 10.1 Å². The van der Waals surface area contributed by atoms with Crippen molar-refractivity contribution < 1.29 is 9.53 Å². The first-order valence-corrected chi connectivity index (χ1v) is 8.03. The topological polar surface area (TPSA) is 53.9 Å². The highest BCUT2D eigenvalue weighted by atomic mass is 16.5. The molecule has 0 aliphatic carbocycles. The summed E-state index contributed by atoms with van der Waals surface area (Å²) < 4.78 is 5.16. The number of rotatable bonds is 5. The highest BCUT2D eigenvalue weighted by Gasteiger charge is 2.25. The van der Waals surface area contributed by atoms with Crippen LogP contribution in [0.1, 0.15) is 18.1 Å². The third kappa shape index (κ3) is 3.56. The molecule has 1 aliphatic heterocycles. The molecule has 0 fully saturated rings. The van der Waals surface area contributed by atoms with Gasteiger partial charge in [-0.3, -0.25) is 9.69 Å². The number of amides is 1. The summed E-state index contributed by atoms with van der Waals surface area (Å²) in [5.41, 5.74) is 3.24. The van der Waals surface area contributed by atoms with Gasteiger partial charge >= 0.3 is 0 Å². The van der Waals surface area contributed by atoms with E-state index in [4.69, 9.17) is 4.74 Å². The second-order valence-corrected chi connectivity index (χ2v) is 5.64. The molecule has 0 spiro atoms. The maximum Gasteiger partial charge on any atom is 0.251 e. The molecule has 0 unspecified atom stereocenters. The van der Waals surface area contributed by atoms with Crippen LogP contribution in [0.2, 0.25) is 0 Å². The van der Waals surface area contributed by atoms with Crippen LogP contribution in [0.5, 0.6) is 5.75 Å². The summed E-state index contributed by atoms with van der Waals surface area (Å²) in [5, 5.41) is 3.25. The van der Waals surface area contributed by atoms with Gasteiger partial charge in [-0.1, -0.05) is 31.2 Å². The van der Waals surface area contributed by atoms with Gasteiger partial charge in [-0.25, -0.2) is 4.99 Å². The Labute approximate surface area is 142 Å². The Morgan fingerprint density at radius 3 is 2.38 bits per heavy atom. The minimum atomic E-state index is -0.00139. The van der Waals surface area contributed by atoms with Crippen molar-refractivity contribution in [2.24, 2.45) is 4.99 Å². The second kappa shape index (κ2) is 7.17. The number of guanidine groups is 1. The van der Waals surface area contributed by atoms with Crippen molar-refractivity contribution in [1.29, 1.82) is 0 Å². The van der Waals surface area contributed by atoms with Gasteiger partial charge in [0.2, 0.25) is 5.96 Å². The highest BCUT2D eigenvalue weighted by molar-refractivity contribution is 6.08. The molecule has 0 radical (unpaired) electrons. The van der Waals surface area contributed by atoms with Crippen molar-refractivity contribution in [3.63, 3.8) is 0 Å². The van der Waals surface area contributed by atoms with E-state index in [0.717, 1.165) is 23.4 Å². The summed E-state index contributed by atoms with van der Waals surface area (Å²) in [6.45, 7) is 2.80. The fourth-order valence-electron chi connectivity index (χ4n) is 2.57. The largest absolute Gasteiger partial charge is 0.497 e. The molecule has 1 N–H and O–H groups in total. The van der Waals surface area contributed by atoms with Gasteiger partial charge in [0.15, 0.2) is 0 Å². The molecule has 0 saturated carbocycles. The number of hydrogen-bond donors (Lipinski definition) is 1. The number of carbonyl (C=O) groups is 1. The lowest BCUT2D eigenvalue weighted by molar-refractivity contribution is -0.125. The van der Waals surface area contributed by atoms with Gasteiger partial charge in [-0.15, -0.1) is 0 Å². The van der Waals surface area contributed by atoms with Crippen molar-refractivity contribution >= 4 is 17.6 Å². The fourth-order valence-corrected chi connectivity index (χ4v) is 2.57. The normalized spacial score (nSPS) is 13.8. The van der Waals surface area contributed by atoms with Crippen molar-refractivity contribution in [1.82, 2.24) is 4.90 Å². The molecule has 5 nitrogen and oxygen atoms in total. The summed E-state index contributed by atoms with van der Waals surface area (Å²) in [6, 6.07) is 15.9. The number of aryl methyl sites for hydroxylation is 1. The Bertz CT molecular complexity index is 736. The standard InChI is InChI=1S/C19H21N3O2/c1-3-14-4-8-16(9-5-14)21-19-20-12-18(23)22(19)13-15-6-10-17(24-2)11-7-15/h4-11H,3,12-13H2,1-2H3,(H,20,21). The minimum absolute atomic E-state index is 0.00139. The van der Waals surface area contributed by atoms with E-state index in [2.05, 4.69) is 29.4 Å². The lowest BCUT2D eigenvalue weighted by atomic mass is 10.1. The number of nitrogens with zero attached hydrogens (tertiary/aromatic N) is 2. The van der Waals surface area contributed by atoms with E-state index in [-0.39, 0.29) is 12.5 Å². The number of benzene rings is 2. The zero-order chi connectivity index (χ0) is 16.9. The van der Waals surface area contributed by atoms with Crippen LogP contribution in [-0.4, -0.2) is 30.4 Å². The number of nitrogens with one attached hydrogen (secondary N) is 1. The van der Waals surface area contributed by atoms with Gasteiger partial charge in [0, 0.05) is 5.69 Å². The predicted octanol–water partition coefficient (Wildman–Crippen LogP) is 3.07. The smallest absolute Gasteiger partial charge is 0.251 e. The summed E-state index contributed by atoms with van der Waals surface area (Å²) >= 11 is 0. The average molecular weight is 323 g/mol. The molecule has 0 atom stereocenters. The molecular formula is C19H21N3O2. The van der Waals surface area contributed by atoms with E-state index >= 15 is 0 Å². The van der Waals surface area contributed by atoms with E-state index in [1.165, 1.54) is 5.56 Å². The van der Waals surface area contributed by atoms with Gasteiger partial charge in [-0.2, -0.15) is 0 Å². The average Bonchev–Trinajstić information content (AvgIpc) is 2.96. The molecule has 5 heteroatoms. The first-order valence-electron chi connectivity index (χ1n) is 8.03. The van der Waals surface area contributed by atoms with Gasteiger partial charge in [0.25, 0.3) is 5.91 Å². The molecule has 3 rings (SSSR count). The van der Waals surface area contributed by atoms with Gasteiger partial charge in [-0.05, 0) is 41.8 Å². The zero-order valence-electron chi connectivity index (χ0n) is 14.0. The van der Waals surface area contributed by atoms with E-state index in [0.29, 0.717) is 12.5 Å². The maximum absolute atomic E-state index is 12.1.